The van der Waals surface area contributed by atoms with Gasteiger partial charge in [-0.1, -0.05) is 42.9 Å². The molecule has 5 nitrogen and oxygen atoms in total. The van der Waals surface area contributed by atoms with E-state index in [2.05, 4.69) is 19.7 Å². The number of rotatable bonds is 4. The minimum atomic E-state index is -0.981. The summed E-state index contributed by atoms with van der Waals surface area (Å²) in [6.07, 6.45) is 0.975. The molecule has 1 aliphatic heterocycles. The fraction of sp³-hybridized carbons (Fsp3) is 0.333. The van der Waals surface area contributed by atoms with Crippen LogP contribution in [0.4, 0.5) is 0 Å². The van der Waals surface area contributed by atoms with E-state index in [4.69, 9.17) is 37.8 Å². The first-order valence-corrected chi connectivity index (χ1v) is 5.75. The number of carboxylic acid groups (broad SMARTS) is 1. The molecule has 0 aromatic heterocycles. The zero-order valence-electron chi connectivity index (χ0n) is 10.5. The molecule has 0 radical (unpaired) electrons. The van der Waals surface area contributed by atoms with Crippen molar-refractivity contribution in [1.29, 1.82) is 0 Å². The van der Waals surface area contributed by atoms with E-state index in [0.29, 0.717) is 18.8 Å². The van der Waals surface area contributed by atoms with Crippen LogP contribution in [0.3, 0.4) is 0 Å². The minimum absolute atomic E-state index is 0.111. The number of hydrogen-bond donors (Lipinski definition) is 1. The molecule has 1 N–H and O–H groups in total. The molecule has 1 saturated heterocycles. The highest BCUT2D eigenvalue weighted by molar-refractivity contribution is 6.55. The van der Waals surface area contributed by atoms with Gasteiger partial charge in [0.1, 0.15) is 12.7 Å². The van der Waals surface area contributed by atoms with Gasteiger partial charge in [0.25, 0.3) is 0 Å². The van der Waals surface area contributed by atoms with Gasteiger partial charge < -0.3 is 14.6 Å². The smallest absolute Gasteiger partial charge is 0.333 e. The standard InChI is InChI=1S/C7H10O3.C3H4O2.C2H2Cl2/c1-5(2)7(8)10-4-6-3-9-6;1-2-3(4)5;1-2(3)4/h6H,1,3-4H2,2H3;2H,1H2,(H,4,5);1H2. The van der Waals surface area contributed by atoms with Gasteiger partial charge in [-0.15, -0.1) is 0 Å². The summed E-state index contributed by atoms with van der Waals surface area (Å²) in [7, 11) is 0. The van der Waals surface area contributed by atoms with Crippen LogP contribution in [0.15, 0.2) is 35.9 Å². The number of hydrogen-bond acceptors (Lipinski definition) is 4. The molecule has 1 fully saturated rings. The van der Waals surface area contributed by atoms with E-state index in [1.807, 2.05) is 0 Å². The SMILES string of the molecule is C=C(C)C(=O)OCC1CO1.C=C(Cl)Cl.C=CC(=O)O. The van der Waals surface area contributed by atoms with E-state index in [-0.39, 0.29) is 16.6 Å². The van der Waals surface area contributed by atoms with Crippen molar-refractivity contribution in [3.63, 3.8) is 0 Å². The zero-order chi connectivity index (χ0) is 15.4. The van der Waals surface area contributed by atoms with Crippen LogP contribution in [-0.4, -0.2) is 36.4 Å². The van der Waals surface area contributed by atoms with Crippen molar-refractivity contribution >= 4 is 35.1 Å². The van der Waals surface area contributed by atoms with Crippen molar-refractivity contribution in [2.45, 2.75) is 13.0 Å². The minimum Gasteiger partial charge on any atom is -0.478 e. The number of epoxide rings is 1. The number of halogens is 2. The van der Waals surface area contributed by atoms with E-state index in [1.165, 1.54) is 0 Å². The quantitative estimate of drug-likeness (QED) is 0.491. The maximum absolute atomic E-state index is 10.7. The predicted molar refractivity (Wildman–Crippen MR) is 74.2 cm³/mol. The third-order valence-corrected chi connectivity index (χ3v) is 1.33. The fourth-order valence-electron chi connectivity index (χ4n) is 0.456. The summed E-state index contributed by atoms with van der Waals surface area (Å²) in [5, 5.41) is 7.60. The lowest BCUT2D eigenvalue weighted by Gasteiger charge is -1.99. The fourth-order valence-corrected chi connectivity index (χ4v) is 0.456. The highest BCUT2D eigenvalue weighted by Gasteiger charge is 2.24. The summed E-state index contributed by atoms with van der Waals surface area (Å²) in [6.45, 7) is 12.2. The Kier molecular flexibility index (Phi) is 12.4. The molecular weight excluding hydrogens is 295 g/mol. The van der Waals surface area contributed by atoms with Crippen molar-refractivity contribution < 1.29 is 24.2 Å². The Hall–Kier alpha value is -1.30. The Morgan fingerprint density at radius 2 is 1.84 bits per heavy atom. The van der Waals surface area contributed by atoms with Gasteiger partial charge >= 0.3 is 11.9 Å². The van der Waals surface area contributed by atoms with Crippen LogP contribution in [0.2, 0.25) is 0 Å². The summed E-state index contributed by atoms with van der Waals surface area (Å²) in [4.78, 5) is 19.9. The van der Waals surface area contributed by atoms with Gasteiger partial charge in [0.05, 0.1) is 11.1 Å². The maximum atomic E-state index is 10.7. The van der Waals surface area contributed by atoms with Crippen molar-refractivity contribution in [3.05, 3.63) is 35.9 Å². The molecule has 0 aromatic carbocycles. The highest BCUT2D eigenvalue weighted by Crippen LogP contribution is 2.09. The monoisotopic (exact) mass is 310 g/mol. The second-order valence-corrected chi connectivity index (χ2v) is 4.32. The first-order chi connectivity index (χ1) is 8.70. The van der Waals surface area contributed by atoms with Crippen molar-refractivity contribution in [3.8, 4) is 0 Å². The molecule has 0 bridgehead atoms. The molecule has 19 heavy (non-hydrogen) atoms. The van der Waals surface area contributed by atoms with Crippen LogP contribution < -0.4 is 0 Å². The average molecular weight is 311 g/mol. The summed E-state index contributed by atoms with van der Waals surface area (Å²) in [5.74, 6) is -1.32. The van der Waals surface area contributed by atoms with Crippen LogP contribution in [0, 0.1) is 0 Å². The average Bonchev–Trinajstić information content (AvgIpc) is 3.09. The van der Waals surface area contributed by atoms with E-state index in [9.17, 15) is 9.59 Å². The lowest BCUT2D eigenvalue weighted by molar-refractivity contribution is -0.139. The van der Waals surface area contributed by atoms with Crippen LogP contribution in [0.1, 0.15) is 6.92 Å². The van der Waals surface area contributed by atoms with Crippen LogP contribution >= 0.6 is 23.2 Å². The Labute approximate surface area is 122 Å². The highest BCUT2D eigenvalue weighted by atomic mass is 35.5. The maximum Gasteiger partial charge on any atom is 0.333 e. The number of aliphatic carboxylic acids is 1. The molecular formula is C12H16Cl2O5. The second kappa shape index (κ2) is 11.8. The predicted octanol–water partition coefficient (Wildman–Crippen LogP) is 2.70. The van der Waals surface area contributed by atoms with Gasteiger partial charge in [-0.05, 0) is 6.92 Å². The summed E-state index contributed by atoms with van der Waals surface area (Å²) in [6, 6.07) is 0. The first kappa shape index (κ1) is 20.0. The molecule has 1 aliphatic rings. The topological polar surface area (TPSA) is 76.1 Å². The normalized spacial score (nSPS) is 14.6. The van der Waals surface area contributed by atoms with Gasteiger partial charge in [0.15, 0.2) is 0 Å². The second-order valence-electron chi connectivity index (χ2n) is 3.22. The largest absolute Gasteiger partial charge is 0.478 e. The van der Waals surface area contributed by atoms with Gasteiger partial charge in [-0.3, -0.25) is 0 Å². The Balaban J connectivity index is 0. The molecule has 1 atom stereocenters. The first-order valence-electron chi connectivity index (χ1n) is 5.00. The van der Waals surface area contributed by atoms with Crippen LogP contribution in [-0.2, 0) is 19.1 Å². The number of carboxylic acids is 1. The molecule has 7 heteroatoms. The van der Waals surface area contributed by atoms with Crippen LogP contribution in [0.25, 0.3) is 0 Å². The van der Waals surface area contributed by atoms with E-state index in [1.54, 1.807) is 6.92 Å². The zero-order valence-corrected chi connectivity index (χ0v) is 12.0. The molecule has 0 aromatic rings. The van der Waals surface area contributed by atoms with Crippen molar-refractivity contribution in [1.82, 2.24) is 0 Å². The van der Waals surface area contributed by atoms with Crippen molar-refractivity contribution in [2.24, 2.45) is 0 Å². The number of esters is 1. The summed E-state index contributed by atoms with van der Waals surface area (Å²) in [5.41, 5.74) is 0.431. The number of carbonyl (C=O) groups excluding carboxylic acids is 1. The Bertz CT molecular complexity index is 344. The molecule has 1 heterocycles. The van der Waals surface area contributed by atoms with Gasteiger partial charge in [-0.2, -0.15) is 0 Å². The third kappa shape index (κ3) is 22.4. The lowest BCUT2D eigenvalue weighted by Crippen LogP contribution is -2.09. The molecule has 0 saturated carbocycles. The van der Waals surface area contributed by atoms with E-state index in [0.717, 1.165) is 6.08 Å². The van der Waals surface area contributed by atoms with Crippen LogP contribution in [0.5, 0.6) is 0 Å². The molecule has 0 aliphatic carbocycles. The van der Waals surface area contributed by atoms with E-state index < -0.39 is 5.97 Å². The third-order valence-electron chi connectivity index (χ3n) is 1.33. The molecule has 108 valence electrons. The molecule has 1 rings (SSSR count). The van der Waals surface area contributed by atoms with Gasteiger partial charge in [0, 0.05) is 11.6 Å². The molecule has 0 amide bonds. The van der Waals surface area contributed by atoms with E-state index >= 15 is 0 Å². The summed E-state index contributed by atoms with van der Waals surface area (Å²) < 4.78 is 9.71. The Morgan fingerprint density at radius 3 is 2.05 bits per heavy atom. The van der Waals surface area contributed by atoms with Gasteiger partial charge in [-0.25, -0.2) is 9.59 Å². The van der Waals surface area contributed by atoms with Crippen molar-refractivity contribution in [2.75, 3.05) is 13.2 Å². The molecule has 1 unspecified atom stereocenters. The summed E-state index contributed by atoms with van der Waals surface area (Å²) >= 11 is 9.69. The Morgan fingerprint density at radius 1 is 1.47 bits per heavy atom. The van der Waals surface area contributed by atoms with Gasteiger partial charge in [0.2, 0.25) is 0 Å². The number of ether oxygens (including phenoxy) is 2. The molecule has 0 spiro atoms. The lowest BCUT2D eigenvalue weighted by atomic mass is 10.4. The number of carbonyl (C=O) groups is 2.